The molecule has 0 aliphatic heterocycles. The van der Waals surface area contributed by atoms with Crippen molar-refractivity contribution in [3.63, 3.8) is 0 Å². The van der Waals surface area contributed by atoms with E-state index < -0.39 is 0 Å². The van der Waals surface area contributed by atoms with Gasteiger partial charge in [-0.25, -0.2) is 4.98 Å². The molecule has 3 rings (SSSR count). The third kappa shape index (κ3) is 3.46. The van der Waals surface area contributed by atoms with Gasteiger partial charge in [-0.3, -0.25) is 5.10 Å². The molecule has 0 amide bonds. The molecule has 0 fully saturated rings. The van der Waals surface area contributed by atoms with Crippen LogP contribution in [0.5, 0.6) is 0 Å². The lowest BCUT2D eigenvalue weighted by molar-refractivity contribution is 0.276. The topological polar surface area (TPSA) is 113 Å². The van der Waals surface area contributed by atoms with Crippen LogP contribution < -0.4 is 11.1 Å². The van der Waals surface area contributed by atoms with Crippen LogP contribution in [-0.4, -0.2) is 37.9 Å². The molecule has 1 atom stereocenters. The molecule has 5 N–H and O–H groups in total. The van der Waals surface area contributed by atoms with Crippen LogP contribution >= 0.6 is 0 Å². The Kier molecular flexibility index (Phi) is 4.90. The van der Waals surface area contributed by atoms with Crippen LogP contribution in [-0.2, 0) is 0 Å². The molecular weight excluding hydrogens is 304 g/mol. The molecule has 0 saturated carbocycles. The number of nitrogens with zero attached hydrogens (tertiary/aromatic N) is 3. The number of benzene rings is 1. The normalized spacial score (nSPS) is 12.4. The summed E-state index contributed by atoms with van der Waals surface area (Å²) >= 11 is 0. The quantitative estimate of drug-likeness (QED) is 0.531. The monoisotopic (exact) mass is 326 g/mol. The van der Waals surface area contributed by atoms with Crippen LogP contribution in [0.2, 0.25) is 0 Å². The van der Waals surface area contributed by atoms with Gasteiger partial charge in [0.15, 0.2) is 0 Å². The van der Waals surface area contributed by atoms with Crippen LogP contribution in [0.4, 0.5) is 11.8 Å². The molecular formula is C17H22N6O. The van der Waals surface area contributed by atoms with Gasteiger partial charge in [0, 0.05) is 29.8 Å². The average Bonchev–Trinajstić information content (AvgIpc) is 3.09. The van der Waals surface area contributed by atoms with Gasteiger partial charge in [0.1, 0.15) is 5.82 Å². The van der Waals surface area contributed by atoms with Crippen molar-refractivity contribution in [3.05, 3.63) is 30.5 Å². The minimum atomic E-state index is 0.139. The van der Waals surface area contributed by atoms with E-state index >= 15 is 0 Å². The lowest BCUT2D eigenvalue weighted by Gasteiger charge is -2.19. The molecule has 0 spiro atoms. The number of hydrogen-bond donors (Lipinski definition) is 4. The summed E-state index contributed by atoms with van der Waals surface area (Å²) in [7, 11) is 0. The highest BCUT2D eigenvalue weighted by Crippen LogP contribution is 2.27. The number of aromatic nitrogens is 4. The maximum atomic E-state index is 9.24. The highest BCUT2D eigenvalue weighted by Gasteiger charge is 2.13. The molecule has 1 unspecified atom stereocenters. The number of fused-ring (bicyclic) bond motifs is 1. The summed E-state index contributed by atoms with van der Waals surface area (Å²) in [6, 6.07) is 8.01. The predicted molar refractivity (Wildman–Crippen MR) is 95.6 cm³/mol. The van der Waals surface area contributed by atoms with Crippen LogP contribution in [0.15, 0.2) is 30.5 Å². The van der Waals surface area contributed by atoms with Crippen molar-refractivity contribution >= 4 is 22.7 Å². The first-order valence-corrected chi connectivity index (χ1v) is 8.15. The number of aromatic amines is 1. The Bertz CT molecular complexity index is 796. The highest BCUT2D eigenvalue weighted by molar-refractivity contribution is 5.92. The molecule has 1 aromatic carbocycles. The van der Waals surface area contributed by atoms with Crippen molar-refractivity contribution in [1.82, 2.24) is 20.2 Å². The second-order valence-corrected chi connectivity index (χ2v) is 5.77. The van der Waals surface area contributed by atoms with Gasteiger partial charge in [0.25, 0.3) is 0 Å². The first-order valence-electron chi connectivity index (χ1n) is 8.15. The second kappa shape index (κ2) is 7.27. The largest absolute Gasteiger partial charge is 0.396 e. The van der Waals surface area contributed by atoms with Gasteiger partial charge in [-0.15, -0.1) is 0 Å². The Hall–Kier alpha value is -2.67. The Morgan fingerprint density at radius 2 is 2.12 bits per heavy atom. The summed E-state index contributed by atoms with van der Waals surface area (Å²) in [6.07, 6.45) is 4.37. The van der Waals surface area contributed by atoms with Crippen LogP contribution in [0.3, 0.4) is 0 Å². The Morgan fingerprint density at radius 3 is 2.83 bits per heavy atom. The summed E-state index contributed by atoms with van der Waals surface area (Å²) in [4.78, 5) is 8.70. The lowest BCUT2D eigenvalue weighted by Crippen LogP contribution is -2.22. The van der Waals surface area contributed by atoms with Gasteiger partial charge in [0.05, 0.1) is 11.2 Å². The van der Waals surface area contributed by atoms with Crippen molar-refractivity contribution in [3.8, 4) is 11.3 Å². The summed E-state index contributed by atoms with van der Waals surface area (Å²) < 4.78 is 0. The van der Waals surface area contributed by atoms with Crippen LogP contribution in [0, 0.1) is 0 Å². The Labute approximate surface area is 140 Å². The Morgan fingerprint density at radius 1 is 1.25 bits per heavy atom. The van der Waals surface area contributed by atoms with Crippen molar-refractivity contribution in [2.45, 2.75) is 32.2 Å². The summed E-state index contributed by atoms with van der Waals surface area (Å²) in [5, 5.41) is 20.5. The van der Waals surface area contributed by atoms with E-state index in [1.54, 1.807) is 6.20 Å². The third-order valence-corrected chi connectivity index (χ3v) is 3.98. The van der Waals surface area contributed by atoms with Gasteiger partial charge in [-0.05, 0) is 31.0 Å². The maximum absolute atomic E-state index is 9.24. The van der Waals surface area contributed by atoms with E-state index in [0.717, 1.165) is 35.0 Å². The fourth-order valence-corrected chi connectivity index (χ4v) is 2.83. The number of nitrogens with one attached hydrogen (secondary N) is 2. The molecule has 0 aliphatic carbocycles. The van der Waals surface area contributed by atoms with E-state index in [4.69, 9.17) is 5.73 Å². The average molecular weight is 326 g/mol. The number of nitrogens with two attached hydrogens (primary N) is 1. The second-order valence-electron chi connectivity index (χ2n) is 5.77. The number of aliphatic hydroxyl groups excluding tert-OH is 1. The van der Waals surface area contributed by atoms with Gasteiger partial charge in [-0.2, -0.15) is 10.1 Å². The van der Waals surface area contributed by atoms with E-state index in [9.17, 15) is 5.11 Å². The van der Waals surface area contributed by atoms with Crippen molar-refractivity contribution in [2.75, 3.05) is 17.7 Å². The zero-order chi connectivity index (χ0) is 16.9. The van der Waals surface area contributed by atoms with Crippen LogP contribution in [0.25, 0.3) is 22.2 Å². The van der Waals surface area contributed by atoms with Crippen molar-refractivity contribution < 1.29 is 5.11 Å². The molecule has 2 heterocycles. The Balaban J connectivity index is 1.98. The summed E-state index contributed by atoms with van der Waals surface area (Å²) in [5.74, 6) is 0.937. The van der Waals surface area contributed by atoms with Gasteiger partial charge >= 0.3 is 0 Å². The minimum absolute atomic E-state index is 0.139. The fourth-order valence-electron chi connectivity index (χ4n) is 2.83. The first-order chi connectivity index (χ1) is 11.7. The predicted octanol–water partition coefficient (Wildman–Crippen LogP) is 2.57. The first kappa shape index (κ1) is 16.2. The molecule has 3 aromatic rings. The molecule has 24 heavy (non-hydrogen) atoms. The molecule has 0 radical (unpaired) electrons. The van der Waals surface area contributed by atoms with Gasteiger partial charge < -0.3 is 16.2 Å². The van der Waals surface area contributed by atoms with Crippen molar-refractivity contribution in [1.29, 1.82) is 0 Å². The smallest absolute Gasteiger partial charge is 0.222 e. The van der Waals surface area contributed by atoms with Crippen LogP contribution in [0.1, 0.15) is 26.2 Å². The summed E-state index contributed by atoms with van der Waals surface area (Å²) in [5.41, 5.74) is 8.57. The van der Waals surface area contributed by atoms with Gasteiger partial charge in [-0.1, -0.05) is 19.4 Å². The van der Waals surface area contributed by atoms with E-state index in [-0.39, 0.29) is 18.6 Å². The van der Waals surface area contributed by atoms with Gasteiger partial charge in [0.2, 0.25) is 5.95 Å². The maximum Gasteiger partial charge on any atom is 0.222 e. The standard InChI is InChI=1S/C17H22N6O/c1-2-3-12(7-9-24)20-16-13-5-4-11(14-6-8-19-23-14)10-15(13)21-17(18)22-16/h4-6,8,10,12,24H,2-3,7,9H2,1H3,(H,19,23)(H3,18,20,21,22). The van der Waals surface area contributed by atoms with E-state index in [1.807, 2.05) is 24.3 Å². The zero-order valence-corrected chi connectivity index (χ0v) is 13.7. The molecule has 7 heteroatoms. The minimum Gasteiger partial charge on any atom is -0.396 e. The lowest BCUT2D eigenvalue weighted by atomic mass is 10.1. The molecule has 7 nitrogen and oxygen atoms in total. The van der Waals surface area contributed by atoms with E-state index in [2.05, 4.69) is 32.4 Å². The molecule has 0 bridgehead atoms. The number of aliphatic hydroxyl groups is 1. The molecule has 2 aromatic heterocycles. The summed E-state index contributed by atoms with van der Waals surface area (Å²) in [6.45, 7) is 2.26. The molecule has 0 aliphatic rings. The van der Waals surface area contributed by atoms with E-state index in [0.29, 0.717) is 12.2 Å². The third-order valence-electron chi connectivity index (χ3n) is 3.98. The number of rotatable bonds is 7. The number of anilines is 2. The highest BCUT2D eigenvalue weighted by atomic mass is 16.3. The van der Waals surface area contributed by atoms with Crippen molar-refractivity contribution in [2.24, 2.45) is 0 Å². The SMILES string of the molecule is CCCC(CCO)Nc1nc(N)nc2cc(-c3ccn[nH]3)ccc12. The molecule has 126 valence electrons. The zero-order valence-electron chi connectivity index (χ0n) is 13.7. The number of H-pyrrole nitrogens is 1. The number of hydrogen-bond acceptors (Lipinski definition) is 6. The molecule has 0 saturated heterocycles. The van der Waals surface area contributed by atoms with E-state index in [1.165, 1.54) is 0 Å². The fraction of sp³-hybridized carbons (Fsp3) is 0.353. The number of nitrogen functional groups attached to an aromatic ring is 1.